The molecule has 0 saturated carbocycles. The maximum absolute atomic E-state index is 13.2. The predicted octanol–water partition coefficient (Wildman–Crippen LogP) is 2.93. The molecule has 122 valence electrons. The molecule has 0 aromatic carbocycles. The SMILES string of the molecule is Cc1csc(N2CCCC(C(=O)N3CCC(F)(F)CC3)C2)n1. The summed E-state index contributed by atoms with van der Waals surface area (Å²) in [7, 11) is 0. The monoisotopic (exact) mass is 329 g/mol. The second kappa shape index (κ2) is 6.10. The number of hydrogen-bond acceptors (Lipinski definition) is 4. The van der Waals surface area contributed by atoms with E-state index in [0.29, 0.717) is 6.54 Å². The quantitative estimate of drug-likeness (QED) is 0.837. The summed E-state index contributed by atoms with van der Waals surface area (Å²) >= 11 is 1.60. The molecule has 1 atom stereocenters. The number of hydrogen-bond donors (Lipinski definition) is 0. The van der Waals surface area contributed by atoms with E-state index in [2.05, 4.69) is 9.88 Å². The summed E-state index contributed by atoms with van der Waals surface area (Å²) in [5, 5.41) is 2.97. The van der Waals surface area contributed by atoms with Crippen LogP contribution in [0.5, 0.6) is 0 Å². The fourth-order valence-electron chi connectivity index (χ4n) is 3.15. The van der Waals surface area contributed by atoms with Crippen LogP contribution in [-0.2, 0) is 4.79 Å². The van der Waals surface area contributed by atoms with Gasteiger partial charge in [-0.3, -0.25) is 4.79 Å². The van der Waals surface area contributed by atoms with Crippen LogP contribution in [0.2, 0.25) is 0 Å². The first-order valence-corrected chi connectivity index (χ1v) is 8.66. The molecule has 0 radical (unpaired) electrons. The van der Waals surface area contributed by atoms with E-state index in [1.807, 2.05) is 12.3 Å². The Hall–Kier alpha value is -1.24. The summed E-state index contributed by atoms with van der Waals surface area (Å²) in [5.74, 6) is -2.66. The minimum Gasteiger partial charge on any atom is -0.347 e. The summed E-state index contributed by atoms with van der Waals surface area (Å²) in [6.45, 7) is 3.88. The van der Waals surface area contributed by atoms with Crippen molar-refractivity contribution in [3.63, 3.8) is 0 Å². The normalized spacial score (nSPS) is 25.3. The molecule has 3 rings (SSSR count). The Morgan fingerprint density at radius 3 is 2.73 bits per heavy atom. The largest absolute Gasteiger partial charge is 0.347 e. The topological polar surface area (TPSA) is 36.4 Å². The van der Waals surface area contributed by atoms with Gasteiger partial charge < -0.3 is 9.80 Å². The molecule has 4 nitrogen and oxygen atoms in total. The lowest BCUT2D eigenvalue weighted by molar-refractivity contribution is -0.141. The number of amides is 1. The molecule has 3 heterocycles. The van der Waals surface area contributed by atoms with Gasteiger partial charge >= 0.3 is 0 Å². The van der Waals surface area contributed by atoms with Crippen LogP contribution in [0.3, 0.4) is 0 Å². The predicted molar refractivity (Wildman–Crippen MR) is 82.5 cm³/mol. The van der Waals surface area contributed by atoms with E-state index in [9.17, 15) is 13.6 Å². The van der Waals surface area contributed by atoms with Gasteiger partial charge in [0.25, 0.3) is 5.92 Å². The van der Waals surface area contributed by atoms with Crippen LogP contribution in [0.15, 0.2) is 5.38 Å². The highest BCUT2D eigenvalue weighted by Gasteiger charge is 2.38. The summed E-state index contributed by atoms with van der Waals surface area (Å²) in [6, 6.07) is 0. The highest BCUT2D eigenvalue weighted by molar-refractivity contribution is 7.13. The molecule has 1 unspecified atom stereocenters. The standard InChI is InChI=1S/C15H21F2N3OS/c1-11-10-22-14(18-11)20-6-2-3-12(9-20)13(21)19-7-4-15(16,17)5-8-19/h10,12H,2-9H2,1H3. The van der Waals surface area contributed by atoms with Crippen LogP contribution < -0.4 is 4.90 Å². The number of aromatic nitrogens is 1. The van der Waals surface area contributed by atoms with E-state index < -0.39 is 5.92 Å². The number of halogens is 2. The van der Waals surface area contributed by atoms with Gasteiger partial charge in [0.1, 0.15) is 0 Å². The molecule has 1 aromatic rings. The van der Waals surface area contributed by atoms with Gasteiger partial charge in [-0.15, -0.1) is 11.3 Å². The van der Waals surface area contributed by atoms with Crippen molar-refractivity contribution in [2.45, 2.75) is 38.5 Å². The molecule has 2 aliphatic rings. The van der Waals surface area contributed by atoms with Gasteiger partial charge in [-0.05, 0) is 19.8 Å². The van der Waals surface area contributed by atoms with Crippen LogP contribution in [0.1, 0.15) is 31.4 Å². The number of carbonyl (C=O) groups excluding carboxylic acids is 1. The molecule has 1 amide bonds. The van der Waals surface area contributed by atoms with Gasteiger partial charge in [0, 0.05) is 44.4 Å². The molecule has 7 heteroatoms. The average molecular weight is 329 g/mol. The summed E-state index contributed by atoms with van der Waals surface area (Å²) in [6.07, 6.45) is 1.37. The second-order valence-corrected chi connectivity index (χ2v) is 7.07. The first-order chi connectivity index (χ1) is 10.4. The first kappa shape index (κ1) is 15.6. The number of piperidine rings is 2. The van der Waals surface area contributed by atoms with E-state index >= 15 is 0 Å². The first-order valence-electron chi connectivity index (χ1n) is 7.78. The van der Waals surface area contributed by atoms with Crippen molar-refractivity contribution in [3.05, 3.63) is 11.1 Å². The average Bonchev–Trinajstić information content (AvgIpc) is 2.93. The molecular formula is C15H21F2N3OS. The molecule has 0 N–H and O–H groups in total. The van der Waals surface area contributed by atoms with Gasteiger partial charge in [-0.25, -0.2) is 13.8 Å². The molecule has 2 aliphatic heterocycles. The molecule has 1 aromatic heterocycles. The number of nitrogens with zero attached hydrogens (tertiary/aromatic N) is 3. The van der Waals surface area contributed by atoms with Crippen molar-refractivity contribution in [1.82, 2.24) is 9.88 Å². The zero-order valence-electron chi connectivity index (χ0n) is 12.7. The van der Waals surface area contributed by atoms with E-state index in [1.165, 1.54) is 0 Å². The van der Waals surface area contributed by atoms with Crippen molar-refractivity contribution in [1.29, 1.82) is 0 Å². The Labute approximate surface area is 133 Å². The van der Waals surface area contributed by atoms with E-state index in [4.69, 9.17) is 0 Å². The van der Waals surface area contributed by atoms with Crippen molar-refractivity contribution < 1.29 is 13.6 Å². The molecule has 0 bridgehead atoms. The third-order valence-electron chi connectivity index (χ3n) is 4.45. The van der Waals surface area contributed by atoms with Crippen molar-refractivity contribution >= 4 is 22.4 Å². The Morgan fingerprint density at radius 1 is 1.36 bits per heavy atom. The number of anilines is 1. The van der Waals surface area contributed by atoms with E-state index in [1.54, 1.807) is 16.2 Å². The highest BCUT2D eigenvalue weighted by Crippen LogP contribution is 2.31. The third-order valence-corrected chi connectivity index (χ3v) is 5.47. The number of rotatable bonds is 2. The molecule has 0 aliphatic carbocycles. The van der Waals surface area contributed by atoms with Gasteiger partial charge in [0.15, 0.2) is 5.13 Å². The fourth-order valence-corrected chi connectivity index (χ4v) is 3.99. The number of carbonyl (C=O) groups is 1. The van der Waals surface area contributed by atoms with E-state index in [-0.39, 0.29) is 37.8 Å². The molecular weight excluding hydrogens is 308 g/mol. The molecule has 0 spiro atoms. The number of thiazole rings is 1. The third kappa shape index (κ3) is 3.39. The second-order valence-electron chi connectivity index (χ2n) is 6.24. The summed E-state index contributed by atoms with van der Waals surface area (Å²) in [5.41, 5.74) is 0.992. The lowest BCUT2D eigenvalue weighted by Gasteiger charge is -2.37. The van der Waals surface area contributed by atoms with Crippen molar-refractivity contribution in [2.75, 3.05) is 31.1 Å². The maximum atomic E-state index is 13.2. The van der Waals surface area contributed by atoms with Crippen LogP contribution in [0.25, 0.3) is 0 Å². The van der Waals surface area contributed by atoms with Crippen LogP contribution in [0, 0.1) is 12.8 Å². The van der Waals surface area contributed by atoms with Gasteiger partial charge in [-0.2, -0.15) is 0 Å². The molecule has 2 fully saturated rings. The zero-order valence-corrected chi connectivity index (χ0v) is 13.5. The van der Waals surface area contributed by atoms with E-state index in [0.717, 1.165) is 30.2 Å². The fraction of sp³-hybridized carbons (Fsp3) is 0.733. The van der Waals surface area contributed by atoms with Crippen molar-refractivity contribution in [2.24, 2.45) is 5.92 Å². The van der Waals surface area contributed by atoms with Gasteiger partial charge in [0.2, 0.25) is 5.91 Å². The Balaban J connectivity index is 1.61. The van der Waals surface area contributed by atoms with Crippen LogP contribution >= 0.6 is 11.3 Å². The van der Waals surface area contributed by atoms with Gasteiger partial charge in [-0.1, -0.05) is 0 Å². The lowest BCUT2D eigenvalue weighted by Crippen LogP contribution is -2.49. The summed E-state index contributed by atoms with van der Waals surface area (Å²) < 4.78 is 26.4. The molecule has 2 saturated heterocycles. The smallest absolute Gasteiger partial charge is 0.251 e. The number of likely N-dealkylation sites (tertiary alicyclic amines) is 1. The van der Waals surface area contributed by atoms with Crippen molar-refractivity contribution in [3.8, 4) is 0 Å². The highest BCUT2D eigenvalue weighted by atomic mass is 32.1. The Bertz CT molecular complexity index is 539. The Morgan fingerprint density at radius 2 is 2.09 bits per heavy atom. The van der Waals surface area contributed by atoms with Crippen LogP contribution in [-0.4, -0.2) is 47.9 Å². The zero-order chi connectivity index (χ0) is 15.7. The minimum atomic E-state index is -2.60. The number of aryl methyl sites for hydroxylation is 1. The lowest BCUT2D eigenvalue weighted by atomic mass is 9.95. The number of alkyl halides is 2. The molecule has 22 heavy (non-hydrogen) atoms. The van der Waals surface area contributed by atoms with Crippen LogP contribution in [0.4, 0.5) is 13.9 Å². The maximum Gasteiger partial charge on any atom is 0.251 e. The Kier molecular flexibility index (Phi) is 4.34. The van der Waals surface area contributed by atoms with Gasteiger partial charge in [0.05, 0.1) is 11.6 Å². The minimum absolute atomic E-state index is 0.0356. The summed E-state index contributed by atoms with van der Waals surface area (Å²) in [4.78, 5) is 20.8.